The van der Waals surface area contributed by atoms with Crippen LogP contribution in [0.5, 0.6) is 0 Å². The third-order valence-electron chi connectivity index (χ3n) is 4.17. The SMILES string of the molecule is CCc1cc2ncc(CN3CC[C@H]3C)c(F)c2[nH]c1=O. The molecular weight excluding hydrogens is 257 g/mol. The second kappa shape index (κ2) is 4.98. The Balaban J connectivity index is 2.03. The number of rotatable bonds is 3. The number of nitrogens with zero attached hydrogens (tertiary/aromatic N) is 2. The standard InChI is InChI=1S/C15H18FN3O/c1-3-10-6-12-14(18-15(10)20)13(16)11(7-17-12)8-19-5-4-9(19)2/h6-7,9H,3-5,8H2,1-2H3,(H,18,20)/t9-/m1/s1. The van der Waals surface area contributed by atoms with Crippen LogP contribution in [0, 0.1) is 5.82 Å². The number of nitrogens with one attached hydrogen (secondary N) is 1. The molecule has 20 heavy (non-hydrogen) atoms. The van der Waals surface area contributed by atoms with Crippen molar-refractivity contribution in [3.05, 3.63) is 39.6 Å². The number of hydrogen-bond acceptors (Lipinski definition) is 3. The van der Waals surface area contributed by atoms with Gasteiger partial charge in [0.15, 0.2) is 5.82 Å². The summed E-state index contributed by atoms with van der Waals surface area (Å²) in [5.74, 6) is -0.353. The number of hydrogen-bond donors (Lipinski definition) is 1. The van der Waals surface area contributed by atoms with Crippen LogP contribution in [0.3, 0.4) is 0 Å². The van der Waals surface area contributed by atoms with E-state index in [9.17, 15) is 9.18 Å². The van der Waals surface area contributed by atoms with Crippen LogP contribution in [0.15, 0.2) is 17.1 Å². The van der Waals surface area contributed by atoms with Gasteiger partial charge < -0.3 is 4.98 Å². The average Bonchev–Trinajstić information content (AvgIpc) is 2.45. The van der Waals surface area contributed by atoms with E-state index in [4.69, 9.17) is 0 Å². The lowest BCUT2D eigenvalue weighted by Crippen LogP contribution is -2.44. The molecule has 0 radical (unpaired) electrons. The minimum atomic E-state index is -0.353. The Kier molecular flexibility index (Phi) is 3.30. The number of aryl methyl sites for hydroxylation is 1. The van der Waals surface area contributed by atoms with Gasteiger partial charge in [-0.05, 0) is 25.8 Å². The third-order valence-corrected chi connectivity index (χ3v) is 4.17. The van der Waals surface area contributed by atoms with Crippen molar-refractivity contribution in [3.8, 4) is 0 Å². The predicted molar refractivity (Wildman–Crippen MR) is 76.2 cm³/mol. The molecule has 0 spiro atoms. The lowest BCUT2D eigenvalue weighted by Gasteiger charge is -2.38. The molecule has 2 aromatic rings. The molecule has 2 aromatic heterocycles. The Bertz CT molecular complexity index is 710. The fourth-order valence-electron chi connectivity index (χ4n) is 2.59. The molecule has 1 N–H and O–H groups in total. The molecule has 1 aliphatic heterocycles. The molecule has 0 amide bonds. The maximum absolute atomic E-state index is 14.5. The molecule has 0 saturated carbocycles. The van der Waals surface area contributed by atoms with E-state index in [0.29, 0.717) is 35.7 Å². The maximum Gasteiger partial charge on any atom is 0.251 e. The second-order valence-electron chi connectivity index (χ2n) is 5.44. The van der Waals surface area contributed by atoms with Gasteiger partial charge in [-0.1, -0.05) is 6.92 Å². The zero-order valence-corrected chi connectivity index (χ0v) is 11.7. The molecule has 0 bridgehead atoms. The van der Waals surface area contributed by atoms with Gasteiger partial charge in [-0.15, -0.1) is 0 Å². The average molecular weight is 275 g/mol. The van der Waals surface area contributed by atoms with E-state index in [1.165, 1.54) is 0 Å². The van der Waals surface area contributed by atoms with Crippen molar-refractivity contribution in [1.29, 1.82) is 0 Å². The number of likely N-dealkylation sites (tertiary alicyclic amines) is 1. The van der Waals surface area contributed by atoms with E-state index in [1.807, 2.05) is 6.92 Å². The van der Waals surface area contributed by atoms with Crippen LogP contribution in [-0.2, 0) is 13.0 Å². The lowest BCUT2D eigenvalue weighted by molar-refractivity contribution is 0.0945. The number of aromatic nitrogens is 2. The first-order valence-corrected chi connectivity index (χ1v) is 7.03. The Hall–Kier alpha value is -1.75. The van der Waals surface area contributed by atoms with Crippen LogP contribution in [0.25, 0.3) is 11.0 Å². The molecule has 5 heteroatoms. The van der Waals surface area contributed by atoms with Crippen molar-refractivity contribution in [1.82, 2.24) is 14.9 Å². The Morgan fingerprint density at radius 3 is 2.90 bits per heavy atom. The van der Waals surface area contributed by atoms with Gasteiger partial charge in [0.05, 0.1) is 5.52 Å². The van der Waals surface area contributed by atoms with E-state index in [0.717, 1.165) is 13.0 Å². The van der Waals surface area contributed by atoms with Crippen molar-refractivity contribution in [3.63, 3.8) is 0 Å². The zero-order valence-electron chi connectivity index (χ0n) is 11.7. The van der Waals surface area contributed by atoms with Crippen molar-refractivity contribution >= 4 is 11.0 Å². The predicted octanol–water partition coefficient (Wildman–Crippen LogP) is 2.22. The summed E-state index contributed by atoms with van der Waals surface area (Å²) >= 11 is 0. The zero-order chi connectivity index (χ0) is 14.3. The summed E-state index contributed by atoms with van der Waals surface area (Å²) in [7, 11) is 0. The number of fused-ring (bicyclic) bond motifs is 1. The van der Waals surface area contributed by atoms with Gasteiger partial charge in [-0.3, -0.25) is 14.7 Å². The molecule has 4 nitrogen and oxygen atoms in total. The maximum atomic E-state index is 14.5. The lowest BCUT2D eigenvalue weighted by atomic mass is 10.0. The van der Waals surface area contributed by atoms with E-state index < -0.39 is 0 Å². The van der Waals surface area contributed by atoms with Crippen LogP contribution in [0.4, 0.5) is 4.39 Å². The summed E-state index contributed by atoms with van der Waals surface area (Å²) in [6.45, 7) is 5.56. The second-order valence-corrected chi connectivity index (χ2v) is 5.44. The van der Waals surface area contributed by atoms with Crippen molar-refractivity contribution in [2.75, 3.05) is 6.54 Å². The van der Waals surface area contributed by atoms with Crippen LogP contribution < -0.4 is 5.56 Å². The minimum Gasteiger partial charge on any atom is -0.318 e. The number of H-pyrrole nitrogens is 1. The largest absolute Gasteiger partial charge is 0.318 e. The monoisotopic (exact) mass is 275 g/mol. The number of pyridine rings is 2. The van der Waals surface area contributed by atoms with E-state index in [1.54, 1.807) is 12.3 Å². The molecule has 1 saturated heterocycles. The summed E-state index contributed by atoms with van der Waals surface area (Å²) in [6.07, 6.45) is 3.35. The van der Waals surface area contributed by atoms with E-state index >= 15 is 0 Å². The normalized spacial score (nSPS) is 19.2. The highest BCUT2D eigenvalue weighted by atomic mass is 19.1. The van der Waals surface area contributed by atoms with Gasteiger partial charge >= 0.3 is 0 Å². The van der Waals surface area contributed by atoms with Gasteiger partial charge in [-0.2, -0.15) is 0 Å². The first-order chi connectivity index (χ1) is 9.60. The van der Waals surface area contributed by atoms with Gasteiger partial charge in [0.25, 0.3) is 5.56 Å². The molecule has 3 heterocycles. The van der Waals surface area contributed by atoms with Crippen LogP contribution >= 0.6 is 0 Å². The summed E-state index contributed by atoms with van der Waals surface area (Å²) in [5, 5.41) is 0. The third kappa shape index (κ3) is 2.12. The summed E-state index contributed by atoms with van der Waals surface area (Å²) in [5.41, 5.74) is 1.69. The van der Waals surface area contributed by atoms with Crippen LogP contribution in [-0.4, -0.2) is 27.5 Å². The number of halogens is 1. The minimum absolute atomic E-state index is 0.220. The van der Waals surface area contributed by atoms with Crippen molar-refractivity contribution in [2.45, 2.75) is 39.3 Å². The molecule has 0 aromatic carbocycles. The molecular formula is C15H18FN3O. The molecule has 0 unspecified atom stereocenters. The molecule has 1 fully saturated rings. The molecule has 3 rings (SSSR count). The fourth-order valence-corrected chi connectivity index (χ4v) is 2.59. The van der Waals surface area contributed by atoms with E-state index in [2.05, 4.69) is 21.8 Å². The highest BCUT2D eigenvalue weighted by Crippen LogP contribution is 2.23. The molecule has 1 aliphatic rings. The summed E-state index contributed by atoms with van der Waals surface area (Å²) in [6, 6.07) is 2.17. The first kappa shape index (κ1) is 13.2. The molecule has 0 aliphatic carbocycles. The first-order valence-electron chi connectivity index (χ1n) is 7.03. The quantitative estimate of drug-likeness (QED) is 0.934. The van der Waals surface area contributed by atoms with Crippen LogP contribution in [0.2, 0.25) is 0 Å². The highest BCUT2D eigenvalue weighted by Gasteiger charge is 2.24. The van der Waals surface area contributed by atoms with Gasteiger partial charge in [0.2, 0.25) is 0 Å². The topological polar surface area (TPSA) is 49.0 Å². The molecule has 106 valence electrons. The van der Waals surface area contributed by atoms with Gasteiger partial charge in [0, 0.05) is 36.5 Å². The smallest absolute Gasteiger partial charge is 0.251 e. The van der Waals surface area contributed by atoms with E-state index in [-0.39, 0.29) is 16.9 Å². The number of aromatic amines is 1. The Morgan fingerprint density at radius 1 is 1.50 bits per heavy atom. The van der Waals surface area contributed by atoms with Crippen molar-refractivity contribution < 1.29 is 4.39 Å². The van der Waals surface area contributed by atoms with Crippen molar-refractivity contribution in [2.24, 2.45) is 0 Å². The van der Waals surface area contributed by atoms with Gasteiger partial charge in [0.1, 0.15) is 5.52 Å². The van der Waals surface area contributed by atoms with Crippen LogP contribution in [0.1, 0.15) is 31.4 Å². The molecule has 1 atom stereocenters. The highest BCUT2D eigenvalue weighted by molar-refractivity contribution is 5.75. The summed E-state index contributed by atoms with van der Waals surface area (Å²) < 4.78 is 14.5. The fraction of sp³-hybridized carbons (Fsp3) is 0.467. The summed E-state index contributed by atoms with van der Waals surface area (Å²) in [4.78, 5) is 20.9. The van der Waals surface area contributed by atoms with Gasteiger partial charge in [-0.25, -0.2) is 4.39 Å². The Labute approximate surface area is 116 Å². The Morgan fingerprint density at radius 2 is 2.30 bits per heavy atom.